The van der Waals surface area contributed by atoms with Gasteiger partial charge in [-0.2, -0.15) is 0 Å². The summed E-state index contributed by atoms with van der Waals surface area (Å²) in [5.74, 6) is -0.109. The normalized spacial score (nSPS) is 14.5. The topological polar surface area (TPSA) is 26.3 Å². The maximum absolute atomic E-state index is 11.9. The molecule has 0 saturated heterocycles. The van der Waals surface area contributed by atoms with Crippen LogP contribution in [0, 0.1) is 5.41 Å². The monoisotopic (exact) mass is 388 g/mol. The Morgan fingerprint density at radius 3 is 2.36 bits per heavy atom. The first kappa shape index (κ1) is 19.5. The molecule has 1 unspecified atom stereocenters. The summed E-state index contributed by atoms with van der Waals surface area (Å²) in [6, 6.07) is 7.92. The van der Waals surface area contributed by atoms with Crippen molar-refractivity contribution in [3.8, 4) is 0 Å². The number of esters is 1. The van der Waals surface area contributed by atoms with E-state index in [1.54, 1.807) is 0 Å². The van der Waals surface area contributed by atoms with Gasteiger partial charge in [0.25, 0.3) is 0 Å². The lowest BCUT2D eigenvalue weighted by Gasteiger charge is -2.26. The fourth-order valence-electron chi connectivity index (χ4n) is 2.47. The summed E-state index contributed by atoms with van der Waals surface area (Å²) in [5.41, 5.74) is 0.699. The molecular formula is C18H26BrClO2. The largest absolute Gasteiger partial charge is 0.466 e. The molecule has 22 heavy (non-hydrogen) atoms. The highest BCUT2D eigenvalue weighted by Gasteiger charge is 2.29. The van der Waals surface area contributed by atoms with Crippen LogP contribution in [-0.4, -0.2) is 12.6 Å². The smallest absolute Gasteiger partial charge is 0.311 e. The Morgan fingerprint density at radius 2 is 1.77 bits per heavy atom. The number of carbonyl (C=O) groups excluding carboxylic acids is 1. The maximum atomic E-state index is 11.9. The van der Waals surface area contributed by atoms with Crippen LogP contribution < -0.4 is 0 Å². The summed E-state index contributed by atoms with van der Waals surface area (Å²) in [6.45, 7) is 8.32. The van der Waals surface area contributed by atoms with Gasteiger partial charge in [0.15, 0.2) is 0 Å². The molecule has 0 saturated carbocycles. The predicted molar refractivity (Wildman–Crippen MR) is 96.6 cm³/mol. The summed E-state index contributed by atoms with van der Waals surface area (Å²) < 4.78 is 4.98. The Morgan fingerprint density at radius 1 is 1.18 bits per heavy atom. The van der Waals surface area contributed by atoms with E-state index in [9.17, 15) is 4.79 Å². The minimum absolute atomic E-state index is 0.109. The molecular weight excluding hydrogens is 364 g/mol. The first-order chi connectivity index (χ1) is 10.2. The zero-order chi connectivity index (χ0) is 16.8. The molecule has 0 amide bonds. The zero-order valence-electron chi connectivity index (χ0n) is 13.9. The molecule has 0 bridgehead atoms. The van der Waals surface area contributed by atoms with E-state index in [1.165, 1.54) is 0 Å². The summed E-state index contributed by atoms with van der Waals surface area (Å²) in [7, 11) is 0. The molecule has 0 aliphatic heterocycles. The summed E-state index contributed by atoms with van der Waals surface area (Å²) in [5, 5.41) is 0.786. The first-order valence-electron chi connectivity index (χ1n) is 7.82. The van der Waals surface area contributed by atoms with Gasteiger partial charge in [0.05, 0.1) is 12.0 Å². The maximum Gasteiger partial charge on any atom is 0.311 e. The van der Waals surface area contributed by atoms with Gasteiger partial charge < -0.3 is 4.74 Å². The molecule has 1 aromatic rings. The molecule has 4 heteroatoms. The number of alkyl halides is 1. The lowest BCUT2D eigenvalue weighted by Crippen LogP contribution is -2.26. The average Bonchev–Trinajstić information content (AvgIpc) is 2.44. The van der Waals surface area contributed by atoms with Crippen molar-refractivity contribution < 1.29 is 9.53 Å². The molecule has 1 rings (SSSR count). The number of rotatable bonds is 8. The highest BCUT2D eigenvalue weighted by molar-refractivity contribution is 9.09. The fourth-order valence-corrected chi connectivity index (χ4v) is 3.56. The van der Waals surface area contributed by atoms with Gasteiger partial charge in [-0.15, -0.1) is 0 Å². The second-order valence-corrected chi connectivity index (χ2v) is 8.65. The number of carbonyl (C=O) groups is 1. The first-order valence-corrected chi connectivity index (χ1v) is 8.99. The van der Waals surface area contributed by atoms with Crippen molar-refractivity contribution in [2.24, 2.45) is 5.41 Å². The van der Waals surface area contributed by atoms with Crippen LogP contribution in [0.1, 0.15) is 58.9 Å². The van der Waals surface area contributed by atoms with Crippen LogP contribution in [0.2, 0.25) is 5.02 Å². The Labute approximate surface area is 147 Å². The molecule has 0 N–H and O–H groups in total. The quantitative estimate of drug-likeness (QED) is 0.305. The molecule has 2 nitrogen and oxygen atoms in total. The molecule has 0 aliphatic rings. The van der Waals surface area contributed by atoms with E-state index in [1.807, 2.05) is 39.0 Å². The number of benzene rings is 1. The highest BCUT2D eigenvalue weighted by Crippen LogP contribution is 2.40. The average molecular weight is 390 g/mol. The second-order valence-electron chi connectivity index (χ2n) is 6.49. The van der Waals surface area contributed by atoms with Gasteiger partial charge in [0.2, 0.25) is 0 Å². The third kappa shape index (κ3) is 5.58. The number of unbranched alkanes of at least 4 members (excludes halogenated alkanes) is 1. The number of hydrogen-bond donors (Lipinski definition) is 0. The molecule has 0 spiro atoms. The zero-order valence-corrected chi connectivity index (χ0v) is 16.3. The highest BCUT2D eigenvalue weighted by atomic mass is 79.9. The summed E-state index contributed by atoms with van der Waals surface area (Å²) >= 11 is 10.1. The lowest BCUT2D eigenvalue weighted by atomic mass is 9.85. The van der Waals surface area contributed by atoms with Crippen molar-refractivity contribution in [2.75, 3.05) is 6.61 Å². The van der Waals surface area contributed by atoms with Crippen LogP contribution in [0.4, 0.5) is 0 Å². The third-order valence-corrected chi connectivity index (χ3v) is 5.11. The molecule has 1 aromatic carbocycles. The Balaban J connectivity index is 2.50. The Hall–Kier alpha value is -0.540. The third-order valence-electron chi connectivity index (χ3n) is 3.96. The minimum Gasteiger partial charge on any atom is -0.466 e. The van der Waals surface area contributed by atoms with E-state index < -0.39 is 5.41 Å². The molecule has 0 fully saturated rings. The Bertz CT molecular complexity index is 498. The van der Waals surface area contributed by atoms with E-state index in [2.05, 4.69) is 28.9 Å². The standard InChI is InChI=1S/C18H26BrClO2/c1-5-22-16(21)17(2,3)12-8-9-13-18(4,19)14-10-6-7-11-15(14)20/h6-7,10-11H,5,8-9,12-13H2,1-4H3. The van der Waals surface area contributed by atoms with Gasteiger partial charge in [0, 0.05) is 9.35 Å². The van der Waals surface area contributed by atoms with Gasteiger partial charge in [-0.1, -0.05) is 58.6 Å². The van der Waals surface area contributed by atoms with Crippen molar-refractivity contribution >= 4 is 33.5 Å². The number of hydrogen-bond acceptors (Lipinski definition) is 2. The van der Waals surface area contributed by atoms with Crippen LogP contribution in [-0.2, 0) is 13.9 Å². The van der Waals surface area contributed by atoms with Crippen molar-refractivity contribution in [3.05, 3.63) is 34.9 Å². The van der Waals surface area contributed by atoms with Crippen LogP contribution in [0.5, 0.6) is 0 Å². The van der Waals surface area contributed by atoms with E-state index in [0.717, 1.165) is 36.3 Å². The summed E-state index contributed by atoms with van der Waals surface area (Å²) in [6.07, 6.45) is 3.81. The SMILES string of the molecule is CCOC(=O)C(C)(C)CCCCC(C)(Br)c1ccccc1Cl. The molecule has 0 aliphatic carbocycles. The molecule has 124 valence electrons. The van der Waals surface area contributed by atoms with E-state index in [4.69, 9.17) is 16.3 Å². The van der Waals surface area contributed by atoms with Crippen LogP contribution in [0.15, 0.2) is 24.3 Å². The van der Waals surface area contributed by atoms with Crippen molar-refractivity contribution in [1.29, 1.82) is 0 Å². The van der Waals surface area contributed by atoms with Crippen molar-refractivity contribution in [2.45, 2.75) is 57.7 Å². The van der Waals surface area contributed by atoms with Gasteiger partial charge in [-0.05, 0) is 52.2 Å². The fraction of sp³-hybridized carbons (Fsp3) is 0.611. The van der Waals surface area contributed by atoms with E-state index in [0.29, 0.717) is 6.61 Å². The second kappa shape index (κ2) is 8.35. The number of halogens is 2. The van der Waals surface area contributed by atoms with Crippen LogP contribution >= 0.6 is 27.5 Å². The van der Waals surface area contributed by atoms with Gasteiger partial charge in [-0.25, -0.2) is 0 Å². The predicted octanol–water partition coefficient (Wildman–Crippen LogP) is 6.10. The Kier molecular flexibility index (Phi) is 7.40. The van der Waals surface area contributed by atoms with Gasteiger partial charge in [-0.3, -0.25) is 4.79 Å². The van der Waals surface area contributed by atoms with Gasteiger partial charge >= 0.3 is 5.97 Å². The lowest BCUT2D eigenvalue weighted by molar-refractivity contribution is -0.153. The van der Waals surface area contributed by atoms with E-state index in [-0.39, 0.29) is 10.3 Å². The van der Waals surface area contributed by atoms with Crippen LogP contribution in [0.25, 0.3) is 0 Å². The van der Waals surface area contributed by atoms with Gasteiger partial charge in [0.1, 0.15) is 0 Å². The molecule has 0 heterocycles. The number of ether oxygens (including phenoxy) is 1. The molecule has 0 radical (unpaired) electrons. The molecule has 1 atom stereocenters. The minimum atomic E-state index is -0.414. The van der Waals surface area contributed by atoms with Crippen molar-refractivity contribution in [3.63, 3.8) is 0 Å². The van der Waals surface area contributed by atoms with E-state index >= 15 is 0 Å². The van der Waals surface area contributed by atoms with Crippen molar-refractivity contribution in [1.82, 2.24) is 0 Å². The molecule has 0 aromatic heterocycles. The van der Waals surface area contributed by atoms with Crippen LogP contribution in [0.3, 0.4) is 0 Å². The summed E-state index contributed by atoms with van der Waals surface area (Å²) in [4.78, 5) is 11.9.